The van der Waals surface area contributed by atoms with Crippen molar-refractivity contribution in [3.8, 4) is 5.69 Å². The summed E-state index contributed by atoms with van der Waals surface area (Å²) < 4.78 is 3.42. The zero-order chi connectivity index (χ0) is 20.4. The van der Waals surface area contributed by atoms with Crippen molar-refractivity contribution in [1.29, 1.82) is 0 Å². The number of aryl methyl sites for hydroxylation is 3. The second-order valence-corrected chi connectivity index (χ2v) is 7.01. The van der Waals surface area contributed by atoms with Crippen molar-refractivity contribution in [3.05, 3.63) is 88.3 Å². The second kappa shape index (κ2) is 7.75. The SMILES string of the molecule is Cc1cc(=O)n(CCC(=O)Nc2ccccc2)c2c1c(C)nn2-c1ccccc1. The summed E-state index contributed by atoms with van der Waals surface area (Å²) in [5, 5.41) is 8.48. The molecule has 0 spiro atoms. The highest BCUT2D eigenvalue weighted by Crippen LogP contribution is 2.24. The predicted octanol–water partition coefficient (Wildman–Crippen LogP) is 3.83. The molecule has 0 saturated heterocycles. The van der Waals surface area contributed by atoms with Crippen LogP contribution in [0.15, 0.2) is 71.5 Å². The van der Waals surface area contributed by atoms with Gasteiger partial charge in [-0.2, -0.15) is 5.10 Å². The van der Waals surface area contributed by atoms with Crippen LogP contribution in [0.3, 0.4) is 0 Å². The average molecular weight is 386 g/mol. The molecule has 0 radical (unpaired) electrons. The van der Waals surface area contributed by atoms with Crippen molar-refractivity contribution in [2.45, 2.75) is 26.8 Å². The number of aromatic nitrogens is 3. The lowest BCUT2D eigenvalue weighted by Crippen LogP contribution is -2.25. The molecule has 0 aliphatic rings. The summed E-state index contributed by atoms with van der Waals surface area (Å²) in [6, 6.07) is 20.6. The molecule has 2 heterocycles. The number of anilines is 1. The highest BCUT2D eigenvalue weighted by molar-refractivity contribution is 5.90. The number of carbonyl (C=O) groups is 1. The summed E-state index contributed by atoms with van der Waals surface area (Å²) in [5.74, 6) is -0.140. The van der Waals surface area contributed by atoms with Gasteiger partial charge in [0.05, 0.1) is 11.4 Å². The van der Waals surface area contributed by atoms with E-state index < -0.39 is 0 Å². The summed E-state index contributed by atoms with van der Waals surface area (Å²) in [7, 11) is 0. The lowest BCUT2D eigenvalue weighted by molar-refractivity contribution is -0.116. The first-order chi connectivity index (χ1) is 14.0. The molecule has 2 aromatic carbocycles. The Balaban J connectivity index is 1.72. The molecule has 6 heteroatoms. The summed E-state index contributed by atoms with van der Waals surface area (Å²) in [6.45, 7) is 4.12. The summed E-state index contributed by atoms with van der Waals surface area (Å²) in [4.78, 5) is 25.2. The molecule has 0 fully saturated rings. The quantitative estimate of drug-likeness (QED) is 0.567. The molecule has 0 aliphatic carbocycles. The third-order valence-corrected chi connectivity index (χ3v) is 4.91. The van der Waals surface area contributed by atoms with Gasteiger partial charge >= 0.3 is 0 Å². The molecule has 1 amide bonds. The van der Waals surface area contributed by atoms with Crippen LogP contribution >= 0.6 is 0 Å². The molecule has 4 rings (SSSR count). The Kier molecular flexibility index (Phi) is 4.99. The summed E-state index contributed by atoms with van der Waals surface area (Å²) in [6.07, 6.45) is 0.186. The molecule has 146 valence electrons. The first-order valence-electron chi connectivity index (χ1n) is 9.54. The summed E-state index contributed by atoms with van der Waals surface area (Å²) in [5.41, 5.74) is 3.92. The van der Waals surface area contributed by atoms with Gasteiger partial charge in [0.15, 0.2) is 0 Å². The van der Waals surface area contributed by atoms with Gasteiger partial charge in [-0.05, 0) is 43.7 Å². The maximum atomic E-state index is 12.8. The molecule has 0 aliphatic heterocycles. The minimum Gasteiger partial charge on any atom is -0.326 e. The van der Waals surface area contributed by atoms with Crippen LogP contribution in [0.4, 0.5) is 5.69 Å². The number of para-hydroxylation sites is 2. The van der Waals surface area contributed by atoms with E-state index in [0.29, 0.717) is 5.65 Å². The fourth-order valence-corrected chi connectivity index (χ4v) is 3.59. The number of nitrogens with zero attached hydrogens (tertiary/aromatic N) is 3. The van der Waals surface area contributed by atoms with E-state index in [1.165, 1.54) is 0 Å². The van der Waals surface area contributed by atoms with Gasteiger partial charge in [-0.1, -0.05) is 36.4 Å². The number of hydrogen-bond acceptors (Lipinski definition) is 3. The van der Waals surface area contributed by atoms with Crippen LogP contribution in [0, 0.1) is 13.8 Å². The zero-order valence-electron chi connectivity index (χ0n) is 16.4. The van der Waals surface area contributed by atoms with Crippen molar-refractivity contribution in [1.82, 2.24) is 14.3 Å². The Bertz CT molecular complexity index is 1220. The third kappa shape index (κ3) is 3.69. The van der Waals surface area contributed by atoms with Gasteiger partial charge in [0.1, 0.15) is 5.65 Å². The molecule has 1 N–H and O–H groups in total. The van der Waals surface area contributed by atoms with E-state index in [-0.39, 0.29) is 24.4 Å². The van der Waals surface area contributed by atoms with E-state index in [9.17, 15) is 9.59 Å². The smallest absolute Gasteiger partial charge is 0.252 e. The molecule has 4 aromatic rings. The molecular formula is C23H22N4O2. The van der Waals surface area contributed by atoms with Crippen LogP contribution in [-0.4, -0.2) is 20.3 Å². The number of hydrogen-bond donors (Lipinski definition) is 1. The van der Waals surface area contributed by atoms with Crippen molar-refractivity contribution in [2.24, 2.45) is 0 Å². The van der Waals surface area contributed by atoms with E-state index in [2.05, 4.69) is 10.4 Å². The number of carbonyl (C=O) groups excluding carboxylic acids is 1. The molecule has 6 nitrogen and oxygen atoms in total. The fraction of sp³-hybridized carbons (Fsp3) is 0.174. The van der Waals surface area contributed by atoms with E-state index in [1.807, 2.05) is 74.5 Å². The fourth-order valence-electron chi connectivity index (χ4n) is 3.59. The Morgan fingerprint density at radius 1 is 1.00 bits per heavy atom. The largest absolute Gasteiger partial charge is 0.326 e. The van der Waals surface area contributed by atoms with E-state index in [4.69, 9.17) is 0 Å². The van der Waals surface area contributed by atoms with Crippen LogP contribution in [0.2, 0.25) is 0 Å². The lowest BCUT2D eigenvalue weighted by Gasteiger charge is -2.12. The number of benzene rings is 2. The molecule has 0 saturated carbocycles. The normalized spacial score (nSPS) is 11.0. The second-order valence-electron chi connectivity index (χ2n) is 7.01. The highest BCUT2D eigenvalue weighted by Gasteiger charge is 2.17. The van der Waals surface area contributed by atoms with Crippen LogP contribution in [0.5, 0.6) is 0 Å². The minimum atomic E-state index is -0.140. The van der Waals surface area contributed by atoms with Gasteiger partial charge in [0, 0.05) is 30.1 Å². The van der Waals surface area contributed by atoms with Crippen molar-refractivity contribution < 1.29 is 4.79 Å². The minimum absolute atomic E-state index is 0.139. The van der Waals surface area contributed by atoms with Crippen molar-refractivity contribution in [2.75, 3.05) is 5.32 Å². The molecular weight excluding hydrogens is 364 g/mol. The third-order valence-electron chi connectivity index (χ3n) is 4.91. The number of rotatable bonds is 5. The van der Waals surface area contributed by atoms with E-state index >= 15 is 0 Å². The molecule has 0 atom stereocenters. The monoisotopic (exact) mass is 386 g/mol. The van der Waals surface area contributed by atoms with Crippen LogP contribution in [0.1, 0.15) is 17.7 Å². The maximum absolute atomic E-state index is 12.8. The van der Waals surface area contributed by atoms with Gasteiger partial charge in [-0.25, -0.2) is 4.68 Å². The average Bonchev–Trinajstić information content (AvgIpc) is 3.07. The molecule has 0 unspecified atom stereocenters. The van der Waals surface area contributed by atoms with Crippen LogP contribution in [-0.2, 0) is 11.3 Å². The number of pyridine rings is 1. The Morgan fingerprint density at radius 2 is 1.66 bits per heavy atom. The van der Waals surface area contributed by atoms with E-state index in [0.717, 1.165) is 28.0 Å². The number of nitrogens with one attached hydrogen (secondary N) is 1. The zero-order valence-corrected chi connectivity index (χ0v) is 16.4. The topological polar surface area (TPSA) is 68.9 Å². The Morgan fingerprint density at radius 3 is 2.34 bits per heavy atom. The summed E-state index contributed by atoms with van der Waals surface area (Å²) >= 11 is 0. The van der Waals surface area contributed by atoms with Crippen molar-refractivity contribution in [3.63, 3.8) is 0 Å². The van der Waals surface area contributed by atoms with E-state index in [1.54, 1.807) is 15.3 Å². The number of fused-ring (bicyclic) bond motifs is 1. The standard InChI is InChI=1S/C23H22N4O2/c1-16-15-21(29)26(14-13-20(28)24-18-9-5-3-6-10-18)23-22(16)17(2)25-27(23)19-11-7-4-8-12-19/h3-12,15H,13-14H2,1-2H3,(H,24,28). The molecule has 29 heavy (non-hydrogen) atoms. The lowest BCUT2D eigenvalue weighted by atomic mass is 10.1. The van der Waals surface area contributed by atoms with Crippen molar-refractivity contribution >= 4 is 22.6 Å². The maximum Gasteiger partial charge on any atom is 0.252 e. The van der Waals surface area contributed by atoms with Gasteiger partial charge in [0.25, 0.3) is 5.56 Å². The highest BCUT2D eigenvalue weighted by atomic mass is 16.1. The van der Waals surface area contributed by atoms with Crippen LogP contribution in [0.25, 0.3) is 16.7 Å². The van der Waals surface area contributed by atoms with Gasteiger partial charge in [0.2, 0.25) is 5.91 Å². The molecule has 2 aromatic heterocycles. The Labute approximate surface area is 168 Å². The van der Waals surface area contributed by atoms with Gasteiger partial charge in [-0.3, -0.25) is 14.2 Å². The van der Waals surface area contributed by atoms with Gasteiger partial charge < -0.3 is 5.32 Å². The first kappa shape index (κ1) is 18.7. The van der Waals surface area contributed by atoms with Crippen LogP contribution < -0.4 is 10.9 Å². The van der Waals surface area contributed by atoms with Gasteiger partial charge in [-0.15, -0.1) is 0 Å². The first-order valence-corrected chi connectivity index (χ1v) is 9.54. The molecule has 0 bridgehead atoms. The predicted molar refractivity (Wildman–Crippen MR) is 114 cm³/mol. The Hall–Kier alpha value is -3.67. The number of amides is 1.